The van der Waals surface area contributed by atoms with Crippen molar-refractivity contribution >= 4 is 42.2 Å². The van der Waals surface area contributed by atoms with Crippen LogP contribution in [-0.2, 0) is 9.05 Å². The molecular weight excluding hydrogens is 386 g/mol. The molecule has 0 heterocycles. The molecule has 0 aromatic heterocycles. The Morgan fingerprint density at radius 1 is 1.04 bits per heavy atom. The number of rotatable bonds is 8. The smallest absolute Gasteiger partial charge is 0.238 e. The van der Waals surface area contributed by atoms with Gasteiger partial charge in [0.15, 0.2) is 0 Å². The molecule has 0 saturated carbocycles. The summed E-state index contributed by atoms with van der Waals surface area (Å²) in [6.45, 7) is 4.99. The molecule has 0 fully saturated rings. The van der Waals surface area contributed by atoms with Gasteiger partial charge in [0.25, 0.3) is 0 Å². The van der Waals surface area contributed by atoms with Gasteiger partial charge in [-0.2, -0.15) is 0 Å². The van der Waals surface area contributed by atoms with Crippen LogP contribution in [0.3, 0.4) is 0 Å². The van der Waals surface area contributed by atoms with E-state index in [4.69, 9.17) is 32.2 Å². The van der Waals surface area contributed by atoms with Gasteiger partial charge in [0.05, 0.1) is 28.5 Å². The first-order valence-corrected chi connectivity index (χ1v) is 10.9. The van der Waals surface area contributed by atoms with Gasteiger partial charge in [0.2, 0.25) is 7.58 Å². The van der Waals surface area contributed by atoms with Crippen LogP contribution in [0.25, 0.3) is 0 Å². The third kappa shape index (κ3) is 5.26. The normalized spacial score (nSPS) is 12.5. The molecule has 2 aromatic carbocycles. The molecule has 0 spiro atoms. The van der Waals surface area contributed by atoms with Crippen molar-refractivity contribution in [2.24, 2.45) is 0 Å². The predicted molar refractivity (Wildman–Crippen MR) is 104 cm³/mol. The van der Waals surface area contributed by atoms with Gasteiger partial charge in [0, 0.05) is 5.56 Å². The minimum atomic E-state index is -1.15. The van der Waals surface area contributed by atoms with E-state index in [0.29, 0.717) is 23.3 Å². The molecule has 7 heteroatoms. The lowest BCUT2D eigenvalue weighted by Gasteiger charge is -2.23. The molecule has 0 bridgehead atoms. The molecule has 1 N–H and O–H groups in total. The molecule has 2 rings (SSSR count). The minimum Gasteiger partial charge on any atom is -0.508 e. The monoisotopic (exact) mass is 404 g/mol. The molecule has 1 atom stereocenters. The number of benzene rings is 2. The summed E-state index contributed by atoms with van der Waals surface area (Å²) in [6, 6.07) is 12.7. The lowest BCUT2D eigenvalue weighted by atomic mass is 10.0. The number of halogens is 2. The average Bonchev–Trinajstić information content (AvgIpc) is 2.56. The van der Waals surface area contributed by atoms with Gasteiger partial charge in [-0.05, 0) is 37.6 Å². The SMILES string of the molecule is CCOP(OCC)SC(c1ccc(Cl)c(Cl)c1)c1ccccc1O. The highest BCUT2D eigenvalue weighted by molar-refractivity contribution is 8.53. The third-order valence-corrected chi connectivity index (χ3v) is 7.49. The maximum absolute atomic E-state index is 10.3. The second-order valence-electron chi connectivity index (χ2n) is 4.78. The Bertz CT molecular complexity index is 666. The highest BCUT2D eigenvalue weighted by Gasteiger charge is 2.25. The van der Waals surface area contributed by atoms with E-state index in [0.717, 1.165) is 11.1 Å². The van der Waals surface area contributed by atoms with Crippen LogP contribution in [-0.4, -0.2) is 18.3 Å². The van der Waals surface area contributed by atoms with E-state index in [1.165, 1.54) is 11.4 Å². The quantitative estimate of drug-likeness (QED) is 0.489. The molecule has 0 aliphatic rings. The fraction of sp³-hybridized carbons (Fsp3) is 0.294. The van der Waals surface area contributed by atoms with Crippen LogP contribution in [0.5, 0.6) is 5.75 Å². The van der Waals surface area contributed by atoms with E-state index in [-0.39, 0.29) is 11.0 Å². The van der Waals surface area contributed by atoms with Crippen LogP contribution in [0.15, 0.2) is 42.5 Å². The van der Waals surface area contributed by atoms with Crippen molar-refractivity contribution in [3.05, 3.63) is 63.6 Å². The first-order chi connectivity index (χ1) is 11.6. The summed E-state index contributed by atoms with van der Waals surface area (Å²) in [5.74, 6) is 0.226. The van der Waals surface area contributed by atoms with E-state index in [9.17, 15) is 5.11 Å². The summed E-state index contributed by atoms with van der Waals surface area (Å²) >= 11 is 13.8. The Balaban J connectivity index is 2.40. The Morgan fingerprint density at radius 3 is 2.29 bits per heavy atom. The second-order valence-corrected chi connectivity index (χ2v) is 8.76. The standard InChI is InChI=1S/C17H19Cl2O3PS/c1-3-21-23(22-4-2)24-17(13-7-5-6-8-16(13)20)12-9-10-14(18)15(19)11-12/h5-11,17,20H,3-4H2,1-2H3. The van der Waals surface area contributed by atoms with Crippen molar-refractivity contribution in [3.8, 4) is 5.75 Å². The van der Waals surface area contributed by atoms with Crippen molar-refractivity contribution < 1.29 is 14.2 Å². The van der Waals surface area contributed by atoms with Crippen molar-refractivity contribution in [2.45, 2.75) is 19.1 Å². The molecule has 0 saturated heterocycles. The predicted octanol–water partition coefficient (Wildman–Crippen LogP) is 6.82. The number of aromatic hydroxyl groups is 1. The molecule has 3 nitrogen and oxygen atoms in total. The van der Waals surface area contributed by atoms with Gasteiger partial charge in [-0.15, -0.1) is 0 Å². The lowest BCUT2D eigenvalue weighted by Crippen LogP contribution is -1.99. The molecule has 0 amide bonds. The average molecular weight is 405 g/mol. The van der Waals surface area contributed by atoms with E-state index in [2.05, 4.69) is 0 Å². The summed E-state index contributed by atoms with van der Waals surface area (Å²) in [5.41, 5.74) is 1.72. The van der Waals surface area contributed by atoms with Crippen LogP contribution in [0.1, 0.15) is 30.2 Å². The summed E-state index contributed by atoms with van der Waals surface area (Å²) in [4.78, 5) is 0. The molecule has 0 radical (unpaired) electrons. The van der Waals surface area contributed by atoms with Crippen LogP contribution in [0.2, 0.25) is 10.0 Å². The van der Waals surface area contributed by atoms with Gasteiger partial charge in [-0.25, -0.2) is 0 Å². The summed E-state index contributed by atoms with van der Waals surface area (Å²) in [6.07, 6.45) is 0. The fourth-order valence-electron chi connectivity index (χ4n) is 2.08. The number of hydrogen-bond donors (Lipinski definition) is 1. The first kappa shape index (κ1) is 19.8. The first-order valence-electron chi connectivity index (χ1n) is 7.52. The van der Waals surface area contributed by atoms with Gasteiger partial charge in [-0.3, -0.25) is 0 Å². The largest absolute Gasteiger partial charge is 0.508 e. The van der Waals surface area contributed by atoms with Crippen molar-refractivity contribution in [1.29, 1.82) is 0 Å². The summed E-state index contributed by atoms with van der Waals surface area (Å²) in [5, 5.41) is 11.1. The zero-order valence-electron chi connectivity index (χ0n) is 13.4. The topological polar surface area (TPSA) is 38.7 Å². The highest BCUT2D eigenvalue weighted by Crippen LogP contribution is 2.61. The Hall–Kier alpha value is -0.480. The van der Waals surface area contributed by atoms with Gasteiger partial charge >= 0.3 is 0 Å². The zero-order valence-corrected chi connectivity index (χ0v) is 16.6. The van der Waals surface area contributed by atoms with E-state index < -0.39 is 7.58 Å². The maximum Gasteiger partial charge on any atom is 0.238 e. The molecule has 1 unspecified atom stereocenters. The molecule has 130 valence electrons. The minimum absolute atomic E-state index is 0.176. The van der Waals surface area contributed by atoms with Crippen molar-refractivity contribution in [1.82, 2.24) is 0 Å². The number of para-hydroxylation sites is 1. The van der Waals surface area contributed by atoms with E-state index in [1.54, 1.807) is 18.2 Å². The Kier molecular flexibility index (Phi) is 8.15. The Labute approximate surface area is 157 Å². The molecule has 0 aliphatic heterocycles. The number of phenols is 1. The van der Waals surface area contributed by atoms with Crippen molar-refractivity contribution in [2.75, 3.05) is 13.2 Å². The summed E-state index contributed by atoms with van der Waals surface area (Å²) in [7, 11) is -1.15. The van der Waals surface area contributed by atoms with E-state index in [1.807, 2.05) is 38.1 Å². The zero-order chi connectivity index (χ0) is 17.5. The van der Waals surface area contributed by atoms with Gasteiger partial charge < -0.3 is 14.2 Å². The van der Waals surface area contributed by atoms with Crippen molar-refractivity contribution in [3.63, 3.8) is 0 Å². The maximum atomic E-state index is 10.3. The molecule has 0 aliphatic carbocycles. The fourth-order valence-corrected chi connectivity index (χ4v) is 5.97. The second kappa shape index (κ2) is 9.86. The van der Waals surface area contributed by atoms with Crippen LogP contribution < -0.4 is 0 Å². The third-order valence-electron chi connectivity index (χ3n) is 3.13. The van der Waals surface area contributed by atoms with Crippen LogP contribution in [0.4, 0.5) is 0 Å². The highest BCUT2D eigenvalue weighted by atomic mass is 35.5. The Morgan fingerprint density at radius 2 is 1.71 bits per heavy atom. The number of hydrogen-bond acceptors (Lipinski definition) is 4. The molecule has 24 heavy (non-hydrogen) atoms. The van der Waals surface area contributed by atoms with E-state index >= 15 is 0 Å². The van der Waals surface area contributed by atoms with Crippen LogP contribution >= 0.6 is 42.2 Å². The molecule has 2 aromatic rings. The number of phenolic OH excluding ortho intramolecular Hbond substituents is 1. The summed E-state index contributed by atoms with van der Waals surface area (Å²) < 4.78 is 11.4. The molecular formula is C17H19Cl2O3PS. The lowest BCUT2D eigenvalue weighted by molar-refractivity contribution is 0.283. The van der Waals surface area contributed by atoms with Gasteiger partial charge in [-0.1, -0.05) is 58.8 Å². The van der Waals surface area contributed by atoms with Crippen LogP contribution in [0, 0.1) is 0 Å². The van der Waals surface area contributed by atoms with Gasteiger partial charge in [0.1, 0.15) is 5.75 Å².